The van der Waals surface area contributed by atoms with Crippen LogP contribution in [0.25, 0.3) is 0 Å². The molecular weight excluding hydrogens is 415 g/mol. The number of hydrogen-bond acceptors (Lipinski definition) is 1. The van der Waals surface area contributed by atoms with Crippen LogP contribution in [0, 0.1) is 0 Å². The van der Waals surface area contributed by atoms with E-state index in [0.717, 1.165) is 33.4 Å². The Labute approximate surface area is 148 Å². The average molecular weight is 435 g/mol. The van der Waals surface area contributed by atoms with Crippen molar-refractivity contribution >= 4 is 43.5 Å². The first-order chi connectivity index (χ1) is 10.0. The lowest BCUT2D eigenvalue weighted by atomic mass is 9.80. The molecule has 0 N–H and O–H groups in total. The Hall–Kier alpha value is -0.320. The zero-order valence-corrected chi connectivity index (χ0v) is 16.1. The monoisotopic (exact) mass is 432 g/mol. The molecule has 0 amide bonds. The SMILES string of the molecule is CC(C)n1ccc(CC(CBr)(CBr)c2ccccc2Cl)n1. The van der Waals surface area contributed by atoms with Crippen LogP contribution < -0.4 is 0 Å². The van der Waals surface area contributed by atoms with Crippen LogP contribution in [0.3, 0.4) is 0 Å². The van der Waals surface area contributed by atoms with Gasteiger partial charge in [0.2, 0.25) is 0 Å². The quantitative estimate of drug-likeness (QED) is 0.558. The van der Waals surface area contributed by atoms with E-state index in [-0.39, 0.29) is 5.41 Å². The van der Waals surface area contributed by atoms with Crippen molar-refractivity contribution < 1.29 is 0 Å². The van der Waals surface area contributed by atoms with Crippen LogP contribution in [0.1, 0.15) is 31.1 Å². The number of rotatable bonds is 6. The molecule has 0 atom stereocenters. The van der Waals surface area contributed by atoms with Crippen molar-refractivity contribution in [3.8, 4) is 0 Å². The summed E-state index contributed by atoms with van der Waals surface area (Å²) >= 11 is 13.8. The van der Waals surface area contributed by atoms with Crippen molar-refractivity contribution in [1.29, 1.82) is 0 Å². The maximum atomic E-state index is 6.42. The fraction of sp³-hybridized carbons (Fsp3) is 0.438. The highest BCUT2D eigenvalue weighted by Crippen LogP contribution is 2.36. The van der Waals surface area contributed by atoms with E-state index in [1.807, 2.05) is 29.1 Å². The number of benzene rings is 1. The first-order valence-corrected chi connectivity index (χ1v) is 9.55. The second-order valence-electron chi connectivity index (χ2n) is 5.59. The third-order valence-corrected chi connectivity index (χ3v) is 6.15. The molecule has 0 fully saturated rings. The van der Waals surface area contributed by atoms with Crippen molar-refractivity contribution in [2.24, 2.45) is 0 Å². The second kappa shape index (κ2) is 7.30. The van der Waals surface area contributed by atoms with Crippen molar-refractivity contribution in [3.05, 3.63) is 52.8 Å². The lowest BCUT2D eigenvalue weighted by molar-refractivity contribution is 0.502. The van der Waals surface area contributed by atoms with Crippen molar-refractivity contribution in [1.82, 2.24) is 9.78 Å². The highest BCUT2D eigenvalue weighted by molar-refractivity contribution is 9.09. The highest BCUT2D eigenvalue weighted by atomic mass is 79.9. The summed E-state index contributed by atoms with van der Waals surface area (Å²) in [5.74, 6) is 0. The highest BCUT2D eigenvalue weighted by Gasteiger charge is 2.33. The van der Waals surface area contributed by atoms with Crippen molar-refractivity contribution in [2.45, 2.75) is 31.7 Å². The molecule has 0 aliphatic heterocycles. The summed E-state index contributed by atoms with van der Waals surface area (Å²) in [5.41, 5.74) is 2.14. The molecule has 114 valence electrons. The molecule has 1 heterocycles. The normalized spacial score (nSPS) is 12.1. The van der Waals surface area contributed by atoms with Gasteiger partial charge in [-0.05, 0) is 31.5 Å². The smallest absolute Gasteiger partial charge is 0.0634 e. The molecule has 0 bridgehead atoms. The van der Waals surface area contributed by atoms with Gasteiger partial charge < -0.3 is 0 Å². The topological polar surface area (TPSA) is 17.8 Å². The summed E-state index contributed by atoms with van der Waals surface area (Å²) in [6, 6.07) is 10.5. The molecule has 5 heteroatoms. The van der Waals surface area contributed by atoms with E-state index >= 15 is 0 Å². The predicted molar refractivity (Wildman–Crippen MR) is 97.0 cm³/mol. The zero-order valence-electron chi connectivity index (χ0n) is 12.2. The Kier molecular flexibility index (Phi) is 5.92. The van der Waals surface area contributed by atoms with E-state index in [1.165, 1.54) is 0 Å². The summed E-state index contributed by atoms with van der Waals surface area (Å²) in [6.07, 6.45) is 2.88. The molecular formula is C16H19Br2ClN2. The Balaban J connectivity index is 2.36. The molecule has 2 nitrogen and oxygen atoms in total. The maximum absolute atomic E-state index is 6.42. The molecule has 1 aromatic heterocycles. The first-order valence-electron chi connectivity index (χ1n) is 6.93. The molecule has 0 saturated carbocycles. The van der Waals surface area contributed by atoms with E-state index in [1.54, 1.807) is 0 Å². The summed E-state index contributed by atoms with van der Waals surface area (Å²) < 4.78 is 2.00. The second-order valence-corrected chi connectivity index (χ2v) is 7.11. The number of halogens is 3. The van der Waals surface area contributed by atoms with Crippen LogP contribution in [0.4, 0.5) is 0 Å². The number of aromatic nitrogens is 2. The molecule has 0 spiro atoms. The van der Waals surface area contributed by atoms with Crippen LogP contribution >= 0.6 is 43.5 Å². The van der Waals surface area contributed by atoms with Crippen LogP contribution in [-0.4, -0.2) is 20.4 Å². The van der Waals surface area contributed by atoms with Crippen LogP contribution in [0.2, 0.25) is 5.02 Å². The minimum atomic E-state index is -0.103. The molecule has 1 aromatic carbocycles. The van der Waals surface area contributed by atoms with E-state index in [2.05, 4.69) is 62.9 Å². The van der Waals surface area contributed by atoms with Gasteiger partial charge >= 0.3 is 0 Å². The van der Waals surface area contributed by atoms with Gasteiger partial charge in [0.15, 0.2) is 0 Å². The fourth-order valence-corrected chi connectivity index (χ4v) is 4.63. The Morgan fingerprint density at radius 2 is 1.86 bits per heavy atom. The zero-order chi connectivity index (χ0) is 15.5. The van der Waals surface area contributed by atoms with Gasteiger partial charge in [-0.15, -0.1) is 0 Å². The largest absolute Gasteiger partial charge is 0.270 e. The van der Waals surface area contributed by atoms with Crippen molar-refractivity contribution in [2.75, 3.05) is 10.7 Å². The summed E-state index contributed by atoms with van der Waals surface area (Å²) in [5, 5.41) is 7.13. The lowest BCUT2D eigenvalue weighted by Crippen LogP contribution is -2.33. The van der Waals surface area contributed by atoms with Gasteiger partial charge in [-0.1, -0.05) is 61.7 Å². The van der Waals surface area contributed by atoms with Gasteiger partial charge in [0.1, 0.15) is 0 Å². The van der Waals surface area contributed by atoms with Crippen molar-refractivity contribution in [3.63, 3.8) is 0 Å². The van der Waals surface area contributed by atoms with Crippen LogP contribution in [0.5, 0.6) is 0 Å². The fourth-order valence-electron chi connectivity index (χ4n) is 2.37. The van der Waals surface area contributed by atoms with Gasteiger partial charge in [-0.2, -0.15) is 5.10 Å². The Morgan fingerprint density at radius 3 is 2.38 bits per heavy atom. The van der Waals surface area contributed by atoms with E-state index in [9.17, 15) is 0 Å². The maximum Gasteiger partial charge on any atom is 0.0634 e. The summed E-state index contributed by atoms with van der Waals surface area (Å²) in [6.45, 7) is 4.26. The van der Waals surface area contributed by atoms with Gasteiger partial charge in [0.25, 0.3) is 0 Å². The van der Waals surface area contributed by atoms with Gasteiger partial charge in [0.05, 0.1) is 5.69 Å². The third kappa shape index (κ3) is 3.72. The minimum Gasteiger partial charge on any atom is -0.270 e. The average Bonchev–Trinajstić information content (AvgIpc) is 2.94. The van der Waals surface area contributed by atoms with E-state index in [4.69, 9.17) is 11.6 Å². The lowest BCUT2D eigenvalue weighted by Gasteiger charge is -2.31. The van der Waals surface area contributed by atoms with Crippen LogP contribution in [-0.2, 0) is 11.8 Å². The molecule has 0 saturated heterocycles. The Bertz CT molecular complexity index is 591. The predicted octanol–water partition coefficient (Wildman–Crippen LogP) is 5.39. The number of hydrogen-bond donors (Lipinski definition) is 0. The molecule has 21 heavy (non-hydrogen) atoms. The third-order valence-electron chi connectivity index (χ3n) is 3.67. The number of alkyl halides is 2. The van der Waals surface area contributed by atoms with Gasteiger partial charge in [-0.3, -0.25) is 4.68 Å². The summed E-state index contributed by atoms with van der Waals surface area (Å²) in [4.78, 5) is 0. The molecule has 0 aliphatic carbocycles. The van der Waals surface area contributed by atoms with Gasteiger partial charge in [-0.25, -0.2) is 0 Å². The van der Waals surface area contributed by atoms with Gasteiger partial charge in [0, 0.05) is 39.8 Å². The Morgan fingerprint density at radius 1 is 1.19 bits per heavy atom. The molecule has 2 aromatic rings. The minimum absolute atomic E-state index is 0.103. The first kappa shape index (κ1) is 17.0. The van der Waals surface area contributed by atoms with E-state index in [0.29, 0.717) is 6.04 Å². The molecule has 2 rings (SSSR count). The van der Waals surface area contributed by atoms with E-state index < -0.39 is 0 Å². The van der Waals surface area contributed by atoms with Crippen LogP contribution in [0.15, 0.2) is 36.5 Å². The molecule has 0 unspecified atom stereocenters. The molecule has 0 radical (unpaired) electrons. The molecule has 0 aliphatic rings. The number of nitrogens with zero attached hydrogens (tertiary/aromatic N) is 2. The summed E-state index contributed by atoms with van der Waals surface area (Å²) in [7, 11) is 0. The standard InChI is InChI=1S/C16H19Br2ClN2/c1-12(2)21-8-7-13(20-21)9-16(10-17,11-18)14-5-3-4-6-15(14)19/h3-8,12H,9-11H2,1-2H3.